The van der Waals surface area contributed by atoms with Crippen molar-refractivity contribution >= 4 is 17.6 Å². The van der Waals surface area contributed by atoms with Gasteiger partial charge in [-0.15, -0.1) is 0 Å². The number of likely N-dealkylation sites (tertiary alicyclic amines) is 1. The van der Waals surface area contributed by atoms with E-state index in [1.807, 2.05) is 33.8 Å². The fourth-order valence-corrected chi connectivity index (χ4v) is 3.66. The minimum absolute atomic E-state index is 0.118. The molecule has 1 aliphatic rings. The maximum absolute atomic E-state index is 12.8. The van der Waals surface area contributed by atoms with E-state index >= 15 is 0 Å². The van der Waals surface area contributed by atoms with Crippen molar-refractivity contribution < 1.29 is 22.8 Å². The van der Waals surface area contributed by atoms with Gasteiger partial charge in [-0.05, 0) is 64.8 Å². The Morgan fingerprint density at radius 2 is 1.65 bits per heavy atom. The van der Waals surface area contributed by atoms with E-state index in [9.17, 15) is 22.8 Å². The van der Waals surface area contributed by atoms with Gasteiger partial charge >= 0.3 is 6.18 Å². The summed E-state index contributed by atoms with van der Waals surface area (Å²) in [6.45, 7) is 8.61. The van der Waals surface area contributed by atoms with Crippen LogP contribution in [0.3, 0.4) is 0 Å². The van der Waals surface area contributed by atoms with Crippen molar-refractivity contribution in [2.24, 2.45) is 5.92 Å². The van der Waals surface area contributed by atoms with Crippen molar-refractivity contribution in [2.75, 3.05) is 18.4 Å². The van der Waals surface area contributed by atoms with Gasteiger partial charge in [-0.1, -0.05) is 0 Å². The molecule has 2 heterocycles. The SMILES string of the molecule is Cc1cc(NC(=O)C2CCN(C(=O)c3ccc(C(F)(F)F)cc3)CC2)n(C(C)(C)C)n1. The first-order chi connectivity index (χ1) is 14.4. The molecule has 1 aromatic heterocycles. The highest BCUT2D eigenvalue weighted by Crippen LogP contribution is 2.30. The Labute approximate surface area is 179 Å². The third-order valence-electron chi connectivity index (χ3n) is 5.33. The lowest BCUT2D eigenvalue weighted by molar-refractivity contribution is -0.137. The Bertz CT molecular complexity index is 951. The summed E-state index contributed by atoms with van der Waals surface area (Å²) in [4.78, 5) is 27.0. The predicted molar refractivity (Wildman–Crippen MR) is 111 cm³/mol. The third-order valence-corrected chi connectivity index (χ3v) is 5.33. The molecular formula is C22H27F3N4O2. The summed E-state index contributed by atoms with van der Waals surface area (Å²) in [5.41, 5.74) is -0.0549. The molecule has 2 aromatic rings. The number of halogens is 3. The molecule has 1 saturated heterocycles. The van der Waals surface area contributed by atoms with E-state index in [2.05, 4.69) is 10.4 Å². The molecule has 168 valence electrons. The number of aromatic nitrogens is 2. The van der Waals surface area contributed by atoms with Gasteiger partial charge in [-0.3, -0.25) is 9.59 Å². The van der Waals surface area contributed by atoms with E-state index in [-0.39, 0.29) is 28.8 Å². The number of amides is 2. The van der Waals surface area contributed by atoms with Crippen LogP contribution >= 0.6 is 0 Å². The normalized spacial score (nSPS) is 15.8. The van der Waals surface area contributed by atoms with E-state index < -0.39 is 11.7 Å². The first-order valence-corrected chi connectivity index (χ1v) is 10.2. The van der Waals surface area contributed by atoms with Gasteiger partial charge in [-0.2, -0.15) is 18.3 Å². The second-order valence-electron chi connectivity index (χ2n) is 8.88. The Morgan fingerprint density at radius 1 is 1.06 bits per heavy atom. The maximum Gasteiger partial charge on any atom is 0.416 e. The number of aryl methyl sites for hydroxylation is 1. The number of alkyl halides is 3. The second-order valence-corrected chi connectivity index (χ2v) is 8.88. The molecule has 0 unspecified atom stereocenters. The summed E-state index contributed by atoms with van der Waals surface area (Å²) in [5.74, 6) is -0.0559. The van der Waals surface area contributed by atoms with Gasteiger partial charge in [0.1, 0.15) is 5.82 Å². The van der Waals surface area contributed by atoms with Crippen LogP contribution in [0.1, 0.15) is 55.2 Å². The zero-order chi connectivity index (χ0) is 23.0. The van der Waals surface area contributed by atoms with Crippen molar-refractivity contribution in [3.05, 3.63) is 47.2 Å². The Hall–Kier alpha value is -2.84. The molecule has 31 heavy (non-hydrogen) atoms. The molecule has 1 N–H and O–H groups in total. The lowest BCUT2D eigenvalue weighted by Gasteiger charge is -2.31. The number of benzene rings is 1. The van der Waals surface area contributed by atoms with Gasteiger partial charge in [0, 0.05) is 30.6 Å². The summed E-state index contributed by atoms with van der Waals surface area (Å²) >= 11 is 0. The number of hydrogen-bond acceptors (Lipinski definition) is 3. The predicted octanol–water partition coefficient (Wildman–Crippen LogP) is 4.46. The van der Waals surface area contributed by atoms with Crippen LogP contribution in [0.15, 0.2) is 30.3 Å². The van der Waals surface area contributed by atoms with E-state index in [0.717, 1.165) is 17.8 Å². The molecule has 1 aliphatic heterocycles. The molecule has 6 nitrogen and oxygen atoms in total. The largest absolute Gasteiger partial charge is 0.416 e. The fraction of sp³-hybridized carbons (Fsp3) is 0.500. The highest BCUT2D eigenvalue weighted by molar-refractivity contribution is 5.95. The number of nitrogens with one attached hydrogen (secondary N) is 1. The van der Waals surface area contributed by atoms with E-state index in [1.165, 1.54) is 12.1 Å². The molecule has 0 bridgehead atoms. The van der Waals surface area contributed by atoms with Crippen LogP contribution in [0.25, 0.3) is 0 Å². The molecule has 9 heteroatoms. The summed E-state index contributed by atoms with van der Waals surface area (Å²) < 4.78 is 39.9. The summed E-state index contributed by atoms with van der Waals surface area (Å²) in [6.07, 6.45) is -3.46. The molecule has 0 spiro atoms. The first-order valence-electron chi connectivity index (χ1n) is 10.2. The first kappa shape index (κ1) is 22.8. The molecule has 0 radical (unpaired) electrons. The molecule has 1 fully saturated rings. The molecule has 3 rings (SSSR count). The molecular weight excluding hydrogens is 409 g/mol. The van der Waals surface area contributed by atoms with Crippen molar-refractivity contribution in [3.63, 3.8) is 0 Å². The smallest absolute Gasteiger partial charge is 0.339 e. The molecule has 2 amide bonds. The number of anilines is 1. The minimum atomic E-state index is -4.44. The zero-order valence-electron chi connectivity index (χ0n) is 18.1. The molecule has 0 aliphatic carbocycles. The highest BCUT2D eigenvalue weighted by atomic mass is 19.4. The van der Waals surface area contributed by atoms with E-state index in [4.69, 9.17) is 0 Å². The number of nitrogens with zero attached hydrogens (tertiary/aromatic N) is 3. The summed E-state index contributed by atoms with van der Waals surface area (Å²) in [6, 6.07) is 6.04. The van der Waals surface area contributed by atoms with Gasteiger partial charge in [0.05, 0.1) is 16.8 Å². The van der Waals surface area contributed by atoms with Crippen molar-refractivity contribution in [3.8, 4) is 0 Å². The zero-order valence-corrected chi connectivity index (χ0v) is 18.1. The van der Waals surface area contributed by atoms with Gasteiger partial charge in [-0.25, -0.2) is 4.68 Å². The van der Waals surface area contributed by atoms with Crippen LogP contribution in [-0.4, -0.2) is 39.6 Å². The van der Waals surface area contributed by atoms with Crippen LogP contribution in [-0.2, 0) is 16.5 Å². The third kappa shape index (κ3) is 5.26. The lowest BCUT2D eigenvalue weighted by Crippen LogP contribution is -2.41. The highest BCUT2D eigenvalue weighted by Gasteiger charge is 2.32. The number of rotatable bonds is 3. The standard InChI is InChI=1S/C22H27F3N4O2/c1-14-13-18(29(27-14)21(2,3)4)26-19(30)15-9-11-28(12-10-15)20(31)16-5-7-17(8-6-16)22(23,24)25/h5-8,13,15H,9-12H2,1-4H3,(H,26,30). The van der Waals surface area contributed by atoms with Crippen LogP contribution in [0.4, 0.5) is 19.0 Å². The average Bonchev–Trinajstić information content (AvgIpc) is 3.07. The summed E-state index contributed by atoms with van der Waals surface area (Å²) in [7, 11) is 0. The van der Waals surface area contributed by atoms with Crippen molar-refractivity contribution in [1.29, 1.82) is 0 Å². The Balaban J connectivity index is 1.59. The summed E-state index contributed by atoms with van der Waals surface area (Å²) in [5, 5.41) is 7.40. The molecule has 0 atom stereocenters. The quantitative estimate of drug-likeness (QED) is 0.773. The number of hydrogen-bond donors (Lipinski definition) is 1. The van der Waals surface area contributed by atoms with E-state index in [0.29, 0.717) is 31.7 Å². The number of carbonyl (C=O) groups excluding carboxylic acids is 2. The van der Waals surface area contributed by atoms with Gasteiger partial charge in [0.2, 0.25) is 5.91 Å². The Kier molecular flexibility index (Phi) is 6.16. The minimum Gasteiger partial charge on any atom is -0.339 e. The van der Waals surface area contributed by atoms with Gasteiger partial charge < -0.3 is 10.2 Å². The second kappa shape index (κ2) is 8.36. The number of carbonyl (C=O) groups is 2. The monoisotopic (exact) mass is 436 g/mol. The van der Waals surface area contributed by atoms with Crippen LogP contribution in [0, 0.1) is 12.8 Å². The lowest BCUT2D eigenvalue weighted by atomic mass is 9.95. The van der Waals surface area contributed by atoms with Crippen LogP contribution in [0.5, 0.6) is 0 Å². The maximum atomic E-state index is 12.8. The van der Waals surface area contributed by atoms with Crippen molar-refractivity contribution in [1.82, 2.24) is 14.7 Å². The van der Waals surface area contributed by atoms with Crippen LogP contribution in [0.2, 0.25) is 0 Å². The van der Waals surface area contributed by atoms with Crippen LogP contribution < -0.4 is 5.32 Å². The Morgan fingerprint density at radius 3 is 2.16 bits per heavy atom. The van der Waals surface area contributed by atoms with Gasteiger partial charge in [0.15, 0.2) is 0 Å². The fourth-order valence-electron chi connectivity index (χ4n) is 3.66. The number of piperidine rings is 1. The van der Waals surface area contributed by atoms with E-state index in [1.54, 1.807) is 9.58 Å². The average molecular weight is 436 g/mol. The topological polar surface area (TPSA) is 67.2 Å². The molecule has 0 saturated carbocycles. The molecule has 1 aromatic carbocycles. The van der Waals surface area contributed by atoms with Gasteiger partial charge in [0.25, 0.3) is 5.91 Å². The van der Waals surface area contributed by atoms with Crippen molar-refractivity contribution in [2.45, 2.75) is 52.3 Å².